The number of rotatable bonds is 5. The molecule has 0 spiro atoms. The molecule has 2 atom stereocenters. The van der Waals surface area contributed by atoms with Gasteiger partial charge in [-0.2, -0.15) is 0 Å². The van der Waals surface area contributed by atoms with E-state index in [0.717, 1.165) is 0 Å². The van der Waals surface area contributed by atoms with Gasteiger partial charge in [-0.25, -0.2) is 14.8 Å². The van der Waals surface area contributed by atoms with E-state index in [1.807, 2.05) is 0 Å². The number of aromatic nitrogens is 2. The van der Waals surface area contributed by atoms with Crippen molar-refractivity contribution in [2.75, 3.05) is 6.61 Å². The van der Waals surface area contributed by atoms with E-state index in [9.17, 15) is 25.1 Å². The predicted octanol–water partition coefficient (Wildman–Crippen LogP) is -0.416. The van der Waals surface area contributed by atoms with Crippen molar-refractivity contribution >= 4 is 11.8 Å². The third-order valence-electron chi connectivity index (χ3n) is 2.12. The number of nitrogens with one attached hydrogen (secondary N) is 1. The lowest BCUT2D eigenvalue weighted by Crippen LogP contribution is -2.30. The average Bonchev–Trinajstić information content (AvgIpc) is 2.69. The van der Waals surface area contributed by atoms with E-state index in [2.05, 4.69) is 14.7 Å². The van der Waals surface area contributed by atoms with Crippen molar-refractivity contribution in [2.24, 2.45) is 0 Å². The first-order chi connectivity index (χ1) is 8.38. The molecule has 0 saturated carbocycles. The highest BCUT2D eigenvalue weighted by atomic mass is 16.6. The van der Waals surface area contributed by atoms with Crippen molar-refractivity contribution in [1.82, 2.24) is 9.97 Å². The summed E-state index contributed by atoms with van der Waals surface area (Å²) in [5.74, 6) is -1.45. The monoisotopic (exact) mass is 259 g/mol. The highest BCUT2D eigenvalue weighted by Crippen LogP contribution is 2.25. The van der Waals surface area contributed by atoms with Gasteiger partial charge in [0.1, 0.15) is 6.10 Å². The summed E-state index contributed by atoms with van der Waals surface area (Å²) in [5.41, 5.74) is -0.405. The van der Waals surface area contributed by atoms with Gasteiger partial charge >= 0.3 is 11.8 Å². The minimum atomic E-state index is -1.92. The number of H-pyrrole nitrogens is 1. The second kappa shape index (κ2) is 5.56. The van der Waals surface area contributed by atoms with E-state index in [-0.39, 0.29) is 12.4 Å². The number of aliphatic hydroxyl groups is 2. The largest absolute Gasteiger partial charge is 0.464 e. The molecule has 1 aromatic heterocycles. The van der Waals surface area contributed by atoms with Crippen LogP contribution in [0.1, 0.15) is 24.5 Å². The number of aliphatic hydroxyl groups excluding tert-OH is 2. The molecule has 100 valence electrons. The van der Waals surface area contributed by atoms with Crippen molar-refractivity contribution < 1.29 is 24.7 Å². The molecule has 1 rings (SSSR count). The Hall–Kier alpha value is -2.00. The number of ether oxygens (including phenoxy) is 1. The Morgan fingerprint density at radius 3 is 2.72 bits per heavy atom. The van der Waals surface area contributed by atoms with Gasteiger partial charge in [-0.15, -0.1) is 0 Å². The summed E-state index contributed by atoms with van der Waals surface area (Å²) in [6, 6.07) is 0. The summed E-state index contributed by atoms with van der Waals surface area (Å²) in [7, 11) is 0. The summed E-state index contributed by atoms with van der Waals surface area (Å²) in [4.78, 5) is 27.1. The molecule has 0 amide bonds. The van der Waals surface area contributed by atoms with Gasteiger partial charge in [0, 0.05) is 6.92 Å². The van der Waals surface area contributed by atoms with Gasteiger partial charge in [-0.3, -0.25) is 0 Å². The third-order valence-corrected chi connectivity index (χ3v) is 2.12. The van der Waals surface area contributed by atoms with Crippen LogP contribution in [0.15, 0.2) is 0 Å². The number of nitrogens with zero attached hydrogens (tertiary/aromatic N) is 2. The van der Waals surface area contributed by atoms with Crippen LogP contribution in [0, 0.1) is 17.0 Å². The Kier molecular flexibility index (Phi) is 4.34. The molecular weight excluding hydrogens is 246 g/mol. The summed E-state index contributed by atoms with van der Waals surface area (Å²) in [6.07, 6.45) is -3.75. The molecule has 0 aliphatic carbocycles. The average molecular weight is 259 g/mol. The normalized spacial score (nSPS) is 14.0. The van der Waals surface area contributed by atoms with E-state index >= 15 is 0 Å². The molecule has 0 aliphatic heterocycles. The number of imidazole rings is 1. The van der Waals surface area contributed by atoms with E-state index < -0.39 is 34.6 Å². The zero-order valence-electron chi connectivity index (χ0n) is 9.78. The summed E-state index contributed by atoms with van der Waals surface area (Å²) in [5, 5.41) is 29.9. The Labute approximate surface area is 102 Å². The first kappa shape index (κ1) is 14.1. The Morgan fingerprint density at radius 1 is 1.61 bits per heavy atom. The maximum Gasteiger partial charge on any atom is 0.346 e. The minimum absolute atomic E-state index is 0.0182. The number of carbonyl (C=O) groups is 1. The fourth-order valence-electron chi connectivity index (χ4n) is 1.35. The molecule has 0 bridgehead atoms. The van der Waals surface area contributed by atoms with Crippen LogP contribution in [0.25, 0.3) is 0 Å². The molecule has 0 aliphatic rings. The van der Waals surface area contributed by atoms with Gasteiger partial charge in [-0.05, 0) is 11.8 Å². The molecule has 0 fully saturated rings. The lowest BCUT2D eigenvalue weighted by atomic mass is 10.1. The predicted molar refractivity (Wildman–Crippen MR) is 57.6 cm³/mol. The van der Waals surface area contributed by atoms with Crippen molar-refractivity contribution in [3.05, 3.63) is 21.6 Å². The number of carbonyl (C=O) groups excluding carboxylic acids is 1. The van der Waals surface area contributed by atoms with Gasteiger partial charge in [-0.1, -0.05) is 0 Å². The number of esters is 1. The quantitative estimate of drug-likeness (QED) is 0.371. The van der Waals surface area contributed by atoms with Crippen LogP contribution < -0.4 is 0 Å². The first-order valence-corrected chi connectivity index (χ1v) is 5.12. The topological polar surface area (TPSA) is 139 Å². The van der Waals surface area contributed by atoms with Gasteiger partial charge in [0.15, 0.2) is 17.6 Å². The van der Waals surface area contributed by atoms with E-state index in [4.69, 9.17) is 0 Å². The molecule has 18 heavy (non-hydrogen) atoms. The molecule has 0 aromatic carbocycles. The summed E-state index contributed by atoms with van der Waals surface area (Å²) < 4.78 is 4.50. The lowest BCUT2D eigenvalue weighted by molar-refractivity contribution is -0.390. The number of hydrogen-bond acceptors (Lipinski definition) is 7. The Morgan fingerprint density at radius 2 is 2.22 bits per heavy atom. The standard InChI is InChI=1S/C9H13N3O6/c1-3-18-9(15)7(14)6(13)5-8(12(16)17)11-4(2)10-5/h6-7,13-14H,3H2,1-2H3,(H,10,11). The van der Waals surface area contributed by atoms with E-state index in [0.29, 0.717) is 0 Å². The smallest absolute Gasteiger partial charge is 0.346 e. The molecule has 1 aromatic rings. The van der Waals surface area contributed by atoms with Gasteiger partial charge < -0.3 is 25.1 Å². The maximum atomic E-state index is 11.2. The van der Waals surface area contributed by atoms with Gasteiger partial charge in [0.25, 0.3) is 0 Å². The van der Waals surface area contributed by atoms with Crippen molar-refractivity contribution in [1.29, 1.82) is 0 Å². The maximum absolute atomic E-state index is 11.2. The molecule has 2 unspecified atom stereocenters. The second-order valence-corrected chi connectivity index (χ2v) is 3.45. The van der Waals surface area contributed by atoms with E-state index in [1.54, 1.807) is 0 Å². The Balaban J connectivity index is 2.99. The van der Waals surface area contributed by atoms with Crippen LogP contribution in [0.2, 0.25) is 0 Å². The lowest BCUT2D eigenvalue weighted by Gasteiger charge is -2.14. The van der Waals surface area contributed by atoms with Crippen molar-refractivity contribution in [3.63, 3.8) is 0 Å². The van der Waals surface area contributed by atoms with Crippen LogP contribution in [-0.2, 0) is 9.53 Å². The molecule has 9 nitrogen and oxygen atoms in total. The minimum Gasteiger partial charge on any atom is -0.464 e. The first-order valence-electron chi connectivity index (χ1n) is 5.12. The Bertz CT molecular complexity index is 457. The van der Waals surface area contributed by atoms with Crippen molar-refractivity contribution in [2.45, 2.75) is 26.1 Å². The molecule has 0 saturated heterocycles. The van der Waals surface area contributed by atoms with Gasteiger partial charge in [0.05, 0.1) is 6.61 Å². The number of aromatic amines is 1. The van der Waals surface area contributed by atoms with Crippen LogP contribution in [-0.4, -0.2) is 43.8 Å². The van der Waals surface area contributed by atoms with Crippen LogP contribution >= 0.6 is 0 Å². The molecule has 3 N–H and O–H groups in total. The van der Waals surface area contributed by atoms with Crippen LogP contribution in [0.3, 0.4) is 0 Å². The molecular formula is C9H13N3O6. The zero-order valence-corrected chi connectivity index (χ0v) is 9.78. The number of hydrogen-bond donors (Lipinski definition) is 3. The molecule has 0 radical (unpaired) electrons. The fourth-order valence-corrected chi connectivity index (χ4v) is 1.35. The van der Waals surface area contributed by atoms with Crippen LogP contribution in [0.4, 0.5) is 5.82 Å². The molecule has 9 heteroatoms. The van der Waals surface area contributed by atoms with Crippen LogP contribution in [0.5, 0.6) is 0 Å². The van der Waals surface area contributed by atoms with Crippen molar-refractivity contribution in [3.8, 4) is 0 Å². The fraction of sp³-hybridized carbons (Fsp3) is 0.556. The summed E-state index contributed by atoms with van der Waals surface area (Å²) >= 11 is 0. The summed E-state index contributed by atoms with van der Waals surface area (Å²) in [6.45, 7) is 2.99. The second-order valence-electron chi connectivity index (χ2n) is 3.45. The number of aryl methyl sites for hydroxylation is 1. The SMILES string of the molecule is CCOC(=O)C(O)C(O)c1nc(C)[nH]c1[N+](=O)[O-]. The highest BCUT2D eigenvalue weighted by molar-refractivity contribution is 5.75. The van der Waals surface area contributed by atoms with E-state index in [1.165, 1.54) is 13.8 Å². The highest BCUT2D eigenvalue weighted by Gasteiger charge is 2.34. The number of nitro groups is 1. The molecule has 1 heterocycles. The third kappa shape index (κ3) is 2.81. The van der Waals surface area contributed by atoms with Gasteiger partial charge in [0.2, 0.25) is 0 Å². The zero-order chi connectivity index (χ0) is 13.9.